The van der Waals surface area contributed by atoms with Gasteiger partial charge in [-0.15, -0.1) is 0 Å². The smallest absolute Gasteiger partial charge is 0.343 e. The lowest BCUT2D eigenvalue weighted by Gasteiger charge is -2.07. The van der Waals surface area contributed by atoms with Crippen molar-refractivity contribution in [3.63, 3.8) is 0 Å². The van der Waals surface area contributed by atoms with Crippen LogP contribution >= 0.6 is 0 Å². The van der Waals surface area contributed by atoms with Gasteiger partial charge in [-0.3, -0.25) is 4.79 Å². The number of ether oxygens (including phenoxy) is 5. The van der Waals surface area contributed by atoms with Crippen LogP contribution < -0.4 is 20.6 Å². The van der Waals surface area contributed by atoms with Crippen LogP contribution in [-0.2, 0) is 23.8 Å². The number of nitrogens with zero attached hydrogens (tertiary/aromatic N) is 58. The second-order valence-electron chi connectivity index (χ2n) is 15.6. The molecular formula is C39H49N61O9. The van der Waals surface area contributed by atoms with Crippen LogP contribution in [0, 0.1) is 30.7 Å². The summed E-state index contributed by atoms with van der Waals surface area (Å²) in [5.74, 6) is 4.41. The highest BCUT2D eigenvalue weighted by Gasteiger charge is 2.10. The van der Waals surface area contributed by atoms with Crippen molar-refractivity contribution >= 4 is 23.8 Å². The lowest BCUT2D eigenvalue weighted by molar-refractivity contribution is -0.138. The molecule has 0 saturated heterocycles. The van der Waals surface area contributed by atoms with Crippen molar-refractivity contribution in [2.75, 3.05) is 40.6 Å². The topological polar surface area (TPSA) is 905 Å². The first-order chi connectivity index (χ1) is 53.5. The number of unbranched alkanes of at least 4 members (excludes halogenated alkanes) is 2. The highest BCUT2D eigenvalue weighted by molar-refractivity contribution is 5.94. The quantitative estimate of drug-likeness (QED) is 0.00908. The second kappa shape index (κ2) is 71.7. The van der Waals surface area contributed by atoms with Crippen molar-refractivity contribution < 1.29 is 42.9 Å². The van der Waals surface area contributed by atoms with E-state index in [0.717, 1.165) is 49.0 Å². The number of methoxy groups -OCH3 is 1. The summed E-state index contributed by atoms with van der Waals surface area (Å²) >= 11 is 0. The summed E-state index contributed by atoms with van der Waals surface area (Å²) in [5, 5.41) is 181. The number of carbonyl (C=O) groups is 4. The first-order valence-corrected chi connectivity index (χ1v) is 27.6. The van der Waals surface area contributed by atoms with Gasteiger partial charge < -0.3 is 34.8 Å². The summed E-state index contributed by atoms with van der Waals surface area (Å²) in [4.78, 5) is 44.5. The summed E-state index contributed by atoms with van der Waals surface area (Å²) < 4.78 is 25.1. The Bertz CT molecular complexity index is 4110. The summed E-state index contributed by atoms with van der Waals surface area (Å²) in [6.45, 7) is 12.4. The molecule has 0 unspecified atom stereocenters. The zero-order valence-electron chi connectivity index (χ0n) is 55.8. The maximum Gasteiger partial charge on any atom is 0.343 e. The number of nitrogens with two attached hydrogens (primary N) is 1. The Morgan fingerprint density at radius 1 is 0.413 bits per heavy atom. The number of hydrogen-bond acceptors (Lipinski definition) is 12. The van der Waals surface area contributed by atoms with Gasteiger partial charge in [0.25, 0.3) is 5.91 Å². The van der Waals surface area contributed by atoms with Gasteiger partial charge in [0.05, 0.1) is 37.0 Å². The first-order valence-electron chi connectivity index (χ1n) is 27.6. The molecule has 0 radical (unpaired) electrons. The molecule has 0 fully saturated rings. The second-order valence-corrected chi connectivity index (χ2v) is 15.6. The number of hydrogen-bond donors (Lipinski definition) is 3. The standard InChI is InChI=1S/C16H13NO2.C15H19NO4.C8H14O3.H3N59/c1-11-3-6-13(7-4-11)16(18)19-15-8-5-12(2)14(9-15)10-17;1-3-14(17)20-11-5-4-10-19-13-8-6-12(7-9-13)15(18)16-2;1-3-8(9)11-7-5-4-6-10-2;1-3-5-7-9-11-13-15-17-19-21-23-25-27-29-31-33-35-37-39-41-43-45-47-49-51-53-55-57-59-58-56-54-52-50-48-46-44-42-40-38-36-34-32-30-28-26-24-22-20-18-16-14-12-10-8-6-4-2/h3-9H,1-2H3;3,6-9H,1,4-5,10-11H2,2H3,(H,16,18);3H,1,4-7H2,2H3;(H3,1,2,5,6,9,10,13,14,17,18,21,22,25,26,29,30,33,34,37,38,41,42,45,46,49,50,53,54,57,58). The number of esters is 3. The number of amides is 1. The molecule has 0 aliphatic carbocycles. The fourth-order valence-electron chi connectivity index (χ4n) is 4.68. The number of benzene rings is 3. The van der Waals surface area contributed by atoms with E-state index in [1.807, 2.05) is 26.0 Å². The minimum Gasteiger partial charge on any atom is -0.494 e. The summed E-state index contributed by atoms with van der Waals surface area (Å²) in [7, 11) is 3.24. The highest BCUT2D eigenvalue weighted by Crippen LogP contribution is 2.19. The molecule has 0 heterocycles. The van der Waals surface area contributed by atoms with Crippen LogP contribution in [0.2, 0.25) is 0 Å². The Hall–Kier alpha value is -17.5. The van der Waals surface area contributed by atoms with Crippen molar-refractivity contribution in [1.82, 2.24) is 5.32 Å². The van der Waals surface area contributed by atoms with Crippen molar-refractivity contribution in [3.8, 4) is 17.6 Å². The van der Waals surface area contributed by atoms with E-state index < -0.39 is 11.9 Å². The van der Waals surface area contributed by atoms with Crippen molar-refractivity contribution in [2.24, 2.45) is 304 Å². The fraction of sp³-hybridized carbons (Fsp3) is 0.308. The minimum atomic E-state index is -0.423. The van der Waals surface area contributed by atoms with Crippen LogP contribution in [-0.4, -0.2) is 64.4 Å². The van der Waals surface area contributed by atoms with E-state index in [1.165, 1.54) is 0 Å². The van der Waals surface area contributed by atoms with Crippen LogP contribution in [0.25, 0.3) is 0 Å². The van der Waals surface area contributed by atoms with Crippen LogP contribution in [0.15, 0.2) is 390 Å². The third-order valence-electron chi connectivity index (χ3n) is 8.80. The van der Waals surface area contributed by atoms with Gasteiger partial charge in [-0.1, -0.05) is 42.1 Å². The number of nitriles is 1. The van der Waals surface area contributed by atoms with E-state index in [0.29, 0.717) is 54.6 Å². The van der Waals surface area contributed by atoms with Gasteiger partial charge in [0.2, 0.25) is 0 Å². The van der Waals surface area contributed by atoms with Crippen molar-refractivity contribution in [1.29, 1.82) is 10.8 Å². The predicted molar refractivity (Wildman–Crippen MR) is 335 cm³/mol. The van der Waals surface area contributed by atoms with Crippen molar-refractivity contribution in [2.45, 2.75) is 39.5 Å². The molecule has 3 aromatic carbocycles. The van der Waals surface area contributed by atoms with Crippen LogP contribution in [0.1, 0.15) is 63.1 Å². The molecule has 70 heteroatoms. The Morgan fingerprint density at radius 3 is 0.982 bits per heavy atom. The van der Waals surface area contributed by atoms with Gasteiger partial charge in [-0.2, -0.15) is 10.8 Å². The third kappa shape index (κ3) is 61.3. The molecule has 70 nitrogen and oxygen atoms in total. The van der Waals surface area contributed by atoms with Gasteiger partial charge in [0.15, 0.2) is 0 Å². The zero-order chi connectivity index (χ0) is 79.5. The van der Waals surface area contributed by atoms with E-state index >= 15 is 0 Å². The minimum absolute atomic E-state index is 0.124. The van der Waals surface area contributed by atoms with E-state index in [-0.39, 0.29) is 11.9 Å². The summed E-state index contributed by atoms with van der Waals surface area (Å²) in [6, 6.07) is 21.1. The zero-order valence-corrected chi connectivity index (χ0v) is 55.8. The maximum absolute atomic E-state index is 11.9. The van der Waals surface area contributed by atoms with Gasteiger partial charge >= 0.3 is 17.9 Å². The number of aryl methyl sites for hydroxylation is 2. The van der Waals surface area contributed by atoms with E-state index in [1.54, 1.807) is 68.8 Å². The predicted octanol–water partition coefficient (Wildman–Crippen LogP) is 16.6. The molecule has 4 N–H and O–H groups in total. The lowest BCUT2D eigenvalue weighted by Crippen LogP contribution is -2.17. The van der Waals surface area contributed by atoms with E-state index in [4.69, 9.17) is 34.5 Å². The Morgan fingerprint density at radius 2 is 0.697 bits per heavy atom. The van der Waals surface area contributed by atoms with Gasteiger partial charge in [0, 0.05) is 253 Å². The largest absolute Gasteiger partial charge is 0.494 e. The Balaban J connectivity index is 0.00000185. The average molecular weight is 1520 g/mol. The van der Waals surface area contributed by atoms with Gasteiger partial charge in [-0.25, -0.2) is 14.4 Å². The van der Waals surface area contributed by atoms with Crippen LogP contribution in [0.3, 0.4) is 0 Å². The first kappa shape index (κ1) is 91.5. The molecule has 3 rings (SSSR count). The molecular weight excluding hydrogens is 1470 g/mol. The molecule has 0 saturated carbocycles. The van der Waals surface area contributed by atoms with Gasteiger partial charge in [0.1, 0.15) is 11.5 Å². The average Bonchev–Trinajstić information content (AvgIpc) is 0.863. The third-order valence-corrected chi connectivity index (χ3v) is 8.80. The van der Waals surface area contributed by atoms with Crippen LogP contribution in [0.5, 0.6) is 11.5 Å². The molecule has 0 atom stereocenters. The lowest BCUT2D eigenvalue weighted by atomic mass is 10.1. The molecule has 0 aliphatic rings. The molecule has 109 heavy (non-hydrogen) atoms. The molecule has 1 amide bonds. The maximum atomic E-state index is 11.9. The normalized spacial score (nSPS) is 12.7. The highest BCUT2D eigenvalue weighted by atomic mass is 16.5. The Labute approximate surface area is 602 Å². The molecule has 564 valence electrons. The summed E-state index contributed by atoms with van der Waals surface area (Å²) in [5.41, 5.74) is 9.79. The number of nitrogens with one attached hydrogen (secondary N) is 2. The monoisotopic (exact) mass is 1520 g/mol. The molecule has 0 bridgehead atoms. The van der Waals surface area contributed by atoms with Crippen LogP contribution in [0.4, 0.5) is 0 Å². The molecule has 0 aliphatic heterocycles. The van der Waals surface area contributed by atoms with Gasteiger partial charge in [-0.05, 0) is 172 Å². The SMILES string of the molecule is C=CC(=O)OCCCCOC.C=CC(=O)OCCCCOc1ccc(C(=O)NC)cc1.Cc1ccc(C(=O)Oc2ccc(C)c(C#N)c2)cc1.N=N/N=N/N=N/N=N/N=N/N=N/N=N/N=N/N=N/N=N/N=N/N=N/N=N/N=N/N=N/N=N/N=N/N=N/N=N/N=N/N=N/N=N/N=N/N=N/N=N/N=N/N=N/N=N/N=N/N. The number of carbonyl (C=O) groups excluding carboxylic acids is 4. The fourth-order valence-corrected chi connectivity index (χ4v) is 4.68. The number of rotatable bonds is 44. The molecule has 3 aromatic rings. The molecule has 0 spiro atoms. The molecule has 0 aromatic heterocycles. The van der Waals surface area contributed by atoms with E-state index in [2.05, 4.69) is 328 Å². The van der Waals surface area contributed by atoms with E-state index in [9.17, 15) is 19.2 Å². The Kier molecular flexibility index (Phi) is 60.2. The van der Waals surface area contributed by atoms with Crippen molar-refractivity contribution in [3.05, 3.63) is 120 Å². The summed E-state index contributed by atoms with van der Waals surface area (Å²) in [6.07, 6.45) is 5.58.